The number of benzene rings is 1. The minimum absolute atomic E-state index is 0.0438. The third-order valence-electron chi connectivity index (χ3n) is 3.19. The fourth-order valence-corrected chi connectivity index (χ4v) is 2.60. The van der Waals surface area contributed by atoms with Crippen LogP contribution in [0.1, 0.15) is 18.5 Å². The molecule has 0 bridgehead atoms. The molecule has 0 saturated heterocycles. The highest BCUT2D eigenvalue weighted by atomic mass is 32.1. The van der Waals surface area contributed by atoms with Gasteiger partial charge in [-0.05, 0) is 18.6 Å². The number of nitrogens with zero attached hydrogens (tertiary/aromatic N) is 4. The van der Waals surface area contributed by atoms with Crippen LogP contribution in [0.3, 0.4) is 0 Å². The maximum atomic E-state index is 11.8. The Morgan fingerprint density at radius 1 is 1.29 bits per heavy atom. The van der Waals surface area contributed by atoms with Gasteiger partial charge < -0.3 is 10.1 Å². The normalized spacial score (nSPS) is 10.5. The van der Waals surface area contributed by atoms with Crippen LogP contribution >= 0.6 is 11.3 Å². The molecule has 0 fully saturated rings. The van der Waals surface area contributed by atoms with Crippen LogP contribution in [0, 0.1) is 0 Å². The van der Waals surface area contributed by atoms with Gasteiger partial charge in [0.2, 0.25) is 5.91 Å². The van der Waals surface area contributed by atoms with Crippen molar-refractivity contribution in [2.24, 2.45) is 0 Å². The van der Waals surface area contributed by atoms with Gasteiger partial charge in [-0.2, -0.15) is 0 Å². The number of rotatable bonds is 8. The van der Waals surface area contributed by atoms with Gasteiger partial charge in [0.1, 0.15) is 18.1 Å². The van der Waals surface area contributed by atoms with Crippen molar-refractivity contribution < 1.29 is 9.53 Å². The largest absolute Gasteiger partial charge is 0.487 e. The first-order valence-corrected chi connectivity index (χ1v) is 8.44. The van der Waals surface area contributed by atoms with E-state index in [-0.39, 0.29) is 5.91 Å². The molecule has 0 saturated carbocycles. The van der Waals surface area contributed by atoms with E-state index in [1.807, 2.05) is 41.9 Å². The van der Waals surface area contributed by atoms with Crippen molar-refractivity contribution in [3.8, 4) is 5.75 Å². The van der Waals surface area contributed by atoms with Gasteiger partial charge in [0, 0.05) is 24.5 Å². The first-order valence-electron chi connectivity index (χ1n) is 7.56. The number of para-hydroxylation sites is 1. The molecular formula is C16H17N5O2S. The summed E-state index contributed by atoms with van der Waals surface area (Å²) < 4.78 is 7.34. The van der Waals surface area contributed by atoms with Gasteiger partial charge in [-0.3, -0.25) is 9.48 Å². The Bertz CT molecular complexity index is 758. The molecule has 0 aliphatic rings. The van der Waals surface area contributed by atoms with Crippen LogP contribution in [0.25, 0.3) is 0 Å². The quantitative estimate of drug-likeness (QED) is 0.680. The lowest BCUT2D eigenvalue weighted by molar-refractivity contribution is -0.116. The van der Waals surface area contributed by atoms with E-state index < -0.39 is 0 Å². The number of aromatic nitrogens is 4. The minimum Gasteiger partial charge on any atom is -0.487 e. The Morgan fingerprint density at radius 2 is 2.17 bits per heavy atom. The van der Waals surface area contributed by atoms with Crippen molar-refractivity contribution in [2.75, 3.05) is 5.32 Å². The van der Waals surface area contributed by atoms with Gasteiger partial charge >= 0.3 is 0 Å². The number of carbonyl (C=O) groups is 1. The Labute approximate surface area is 143 Å². The standard InChI is InChI=1S/C16H17N5O2S/c22-15(18-16-17-8-10-24-16)7-4-9-21-11-13(19-20-21)12-23-14-5-2-1-3-6-14/h1-3,5-6,8,10-11H,4,7,9,12H2,(H,17,18,22). The number of nitrogens with one attached hydrogen (secondary N) is 1. The summed E-state index contributed by atoms with van der Waals surface area (Å²) in [5, 5.41) is 13.3. The van der Waals surface area contributed by atoms with Crippen LogP contribution in [0.4, 0.5) is 5.13 Å². The summed E-state index contributed by atoms with van der Waals surface area (Å²) in [4.78, 5) is 15.8. The molecule has 124 valence electrons. The molecule has 0 unspecified atom stereocenters. The zero-order chi connectivity index (χ0) is 16.6. The molecule has 3 aromatic rings. The molecular weight excluding hydrogens is 326 g/mol. The van der Waals surface area contributed by atoms with E-state index in [0.717, 1.165) is 11.4 Å². The molecule has 3 rings (SSSR count). The minimum atomic E-state index is -0.0438. The van der Waals surface area contributed by atoms with E-state index in [1.165, 1.54) is 11.3 Å². The smallest absolute Gasteiger partial charge is 0.226 e. The van der Waals surface area contributed by atoms with Crippen molar-refractivity contribution in [2.45, 2.75) is 26.0 Å². The summed E-state index contributed by atoms with van der Waals surface area (Å²) in [6.45, 7) is 0.998. The summed E-state index contributed by atoms with van der Waals surface area (Å²) >= 11 is 1.40. The zero-order valence-corrected chi connectivity index (χ0v) is 13.8. The van der Waals surface area contributed by atoms with Crippen LogP contribution in [-0.4, -0.2) is 25.9 Å². The first-order chi connectivity index (χ1) is 11.8. The lowest BCUT2D eigenvalue weighted by Crippen LogP contribution is -2.12. The molecule has 0 radical (unpaired) electrons. The molecule has 0 spiro atoms. The number of thiazole rings is 1. The molecule has 1 N–H and O–H groups in total. The zero-order valence-electron chi connectivity index (χ0n) is 13.0. The Morgan fingerprint density at radius 3 is 2.96 bits per heavy atom. The third-order valence-corrected chi connectivity index (χ3v) is 3.87. The second-order valence-electron chi connectivity index (χ2n) is 5.06. The predicted molar refractivity (Wildman–Crippen MR) is 90.8 cm³/mol. The van der Waals surface area contributed by atoms with Crippen molar-refractivity contribution >= 4 is 22.4 Å². The van der Waals surface area contributed by atoms with Crippen molar-refractivity contribution in [1.82, 2.24) is 20.0 Å². The van der Waals surface area contributed by atoms with E-state index in [2.05, 4.69) is 20.6 Å². The lowest BCUT2D eigenvalue weighted by Gasteiger charge is -2.03. The number of hydrogen-bond acceptors (Lipinski definition) is 6. The molecule has 2 heterocycles. The second-order valence-corrected chi connectivity index (χ2v) is 5.96. The summed E-state index contributed by atoms with van der Waals surface area (Å²) in [6.07, 6.45) is 4.59. The number of carbonyl (C=O) groups excluding carboxylic acids is 1. The van der Waals surface area contributed by atoms with Gasteiger partial charge in [0.25, 0.3) is 0 Å². The molecule has 1 amide bonds. The predicted octanol–water partition coefficient (Wildman–Crippen LogP) is 2.73. The number of hydrogen-bond donors (Lipinski definition) is 1. The van der Waals surface area contributed by atoms with Crippen LogP contribution < -0.4 is 10.1 Å². The second kappa shape index (κ2) is 8.21. The van der Waals surface area contributed by atoms with Gasteiger partial charge in [-0.25, -0.2) is 4.98 Å². The van der Waals surface area contributed by atoms with Gasteiger partial charge in [-0.1, -0.05) is 23.4 Å². The third kappa shape index (κ3) is 4.88. The van der Waals surface area contributed by atoms with E-state index in [1.54, 1.807) is 10.9 Å². The molecule has 0 atom stereocenters. The fraction of sp³-hybridized carbons (Fsp3) is 0.250. The molecule has 0 aliphatic heterocycles. The fourth-order valence-electron chi connectivity index (χ4n) is 2.06. The highest BCUT2D eigenvalue weighted by molar-refractivity contribution is 7.13. The van der Waals surface area contributed by atoms with Crippen LogP contribution in [0.15, 0.2) is 48.1 Å². The van der Waals surface area contributed by atoms with Crippen molar-refractivity contribution in [3.63, 3.8) is 0 Å². The Hall–Kier alpha value is -2.74. The number of anilines is 1. The molecule has 7 nitrogen and oxygen atoms in total. The lowest BCUT2D eigenvalue weighted by atomic mass is 10.3. The van der Waals surface area contributed by atoms with Gasteiger partial charge in [0.15, 0.2) is 5.13 Å². The highest BCUT2D eigenvalue weighted by Crippen LogP contribution is 2.12. The van der Waals surface area contributed by atoms with E-state index >= 15 is 0 Å². The maximum absolute atomic E-state index is 11.8. The summed E-state index contributed by atoms with van der Waals surface area (Å²) in [5.74, 6) is 0.753. The van der Waals surface area contributed by atoms with Crippen molar-refractivity contribution in [1.29, 1.82) is 0 Å². The number of ether oxygens (including phenoxy) is 1. The Kier molecular flexibility index (Phi) is 5.52. The molecule has 2 aromatic heterocycles. The topological polar surface area (TPSA) is 81.9 Å². The number of aryl methyl sites for hydroxylation is 1. The van der Waals surface area contributed by atoms with Crippen LogP contribution in [-0.2, 0) is 17.9 Å². The summed E-state index contributed by atoms with van der Waals surface area (Å²) in [6, 6.07) is 9.57. The monoisotopic (exact) mass is 343 g/mol. The average Bonchev–Trinajstić information content (AvgIpc) is 3.26. The first kappa shape index (κ1) is 16.1. The Balaban J connectivity index is 1.39. The van der Waals surface area contributed by atoms with Crippen molar-refractivity contribution in [3.05, 3.63) is 53.8 Å². The SMILES string of the molecule is O=C(CCCn1cc(COc2ccccc2)nn1)Nc1nccs1. The molecule has 8 heteroatoms. The van der Waals surface area contributed by atoms with E-state index in [4.69, 9.17) is 4.74 Å². The van der Waals surface area contributed by atoms with Gasteiger partial charge in [-0.15, -0.1) is 16.4 Å². The summed E-state index contributed by atoms with van der Waals surface area (Å²) in [7, 11) is 0. The van der Waals surface area contributed by atoms with Crippen LogP contribution in [0.5, 0.6) is 5.75 Å². The maximum Gasteiger partial charge on any atom is 0.226 e. The average molecular weight is 343 g/mol. The molecule has 1 aromatic carbocycles. The number of amides is 1. The molecule has 0 aliphatic carbocycles. The highest BCUT2D eigenvalue weighted by Gasteiger charge is 2.06. The molecule has 24 heavy (non-hydrogen) atoms. The van der Waals surface area contributed by atoms with E-state index in [0.29, 0.717) is 31.1 Å². The van der Waals surface area contributed by atoms with Crippen LogP contribution in [0.2, 0.25) is 0 Å². The van der Waals surface area contributed by atoms with E-state index in [9.17, 15) is 4.79 Å². The summed E-state index contributed by atoms with van der Waals surface area (Å²) in [5.41, 5.74) is 0.756. The van der Waals surface area contributed by atoms with Gasteiger partial charge in [0.05, 0.1) is 6.20 Å².